The Morgan fingerprint density at radius 1 is 1.52 bits per heavy atom. The van der Waals surface area contributed by atoms with E-state index in [2.05, 4.69) is 4.90 Å². The molecule has 21 heavy (non-hydrogen) atoms. The lowest BCUT2D eigenvalue weighted by atomic mass is 9.74. The van der Waals surface area contributed by atoms with E-state index in [0.717, 1.165) is 5.57 Å². The van der Waals surface area contributed by atoms with Crippen LogP contribution in [0.1, 0.15) is 13.8 Å². The molecule has 0 amide bonds. The summed E-state index contributed by atoms with van der Waals surface area (Å²) in [5.74, 6) is 1.04. The molecule has 1 fully saturated rings. The number of hydrogen-bond acceptors (Lipinski definition) is 5. The Morgan fingerprint density at radius 3 is 2.95 bits per heavy atom. The molecule has 3 unspecified atom stereocenters. The van der Waals surface area contributed by atoms with Crippen LogP contribution in [0.25, 0.3) is 0 Å². The number of Topliss-reactive ketones (excluding diaryl/α,β-unsaturated/α-hetero) is 1. The minimum atomic E-state index is -1.03. The molecule has 0 bridgehead atoms. The molecule has 0 aliphatic carbocycles. The molecule has 5 nitrogen and oxygen atoms in total. The highest BCUT2D eigenvalue weighted by Gasteiger charge is 2.52. The van der Waals surface area contributed by atoms with Gasteiger partial charge in [-0.05, 0) is 26.1 Å². The van der Waals surface area contributed by atoms with Crippen molar-refractivity contribution >= 4 is 5.78 Å². The van der Waals surface area contributed by atoms with Gasteiger partial charge in [-0.15, -0.1) is 0 Å². The Balaban J connectivity index is 2.14. The van der Waals surface area contributed by atoms with E-state index in [9.17, 15) is 9.90 Å². The highest BCUT2D eigenvalue weighted by molar-refractivity contribution is 5.88. The summed E-state index contributed by atoms with van der Waals surface area (Å²) in [4.78, 5) is 14.5. The van der Waals surface area contributed by atoms with E-state index >= 15 is 0 Å². The molecule has 0 radical (unpaired) electrons. The van der Waals surface area contributed by atoms with Crippen LogP contribution >= 0.6 is 0 Å². The van der Waals surface area contributed by atoms with Gasteiger partial charge < -0.3 is 19.5 Å². The maximum absolute atomic E-state index is 12.4. The zero-order chi connectivity index (χ0) is 15.2. The van der Waals surface area contributed by atoms with Gasteiger partial charge in [-0.25, -0.2) is 0 Å². The SMILES string of the molecule is COC1=CC(O)O/C1=C1/CN2C=CC=CC2C1(C)C(C)=O. The highest BCUT2D eigenvalue weighted by atomic mass is 16.6. The van der Waals surface area contributed by atoms with Gasteiger partial charge in [-0.3, -0.25) is 4.79 Å². The maximum Gasteiger partial charge on any atom is 0.221 e. The third-order valence-corrected chi connectivity index (χ3v) is 4.58. The van der Waals surface area contributed by atoms with Crippen molar-refractivity contribution in [3.8, 4) is 0 Å². The second-order valence-electron chi connectivity index (χ2n) is 5.65. The first-order chi connectivity index (χ1) is 9.98. The van der Waals surface area contributed by atoms with Crippen molar-refractivity contribution in [1.82, 2.24) is 4.90 Å². The first-order valence-electron chi connectivity index (χ1n) is 6.94. The zero-order valence-corrected chi connectivity index (χ0v) is 12.4. The smallest absolute Gasteiger partial charge is 0.221 e. The van der Waals surface area contributed by atoms with Gasteiger partial charge in [0.2, 0.25) is 6.29 Å². The summed E-state index contributed by atoms with van der Waals surface area (Å²) in [5.41, 5.74) is 0.152. The molecule has 3 atom stereocenters. The Hall–Kier alpha value is -2.01. The summed E-state index contributed by atoms with van der Waals surface area (Å²) in [5, 5.41) is 9.69. The van der Waals surface area contributed by atoms with Crippen molar-refractivity contribution in [3.05, 3.63) is 47.6 Å². The number of rotatable bonds is 2. The van der Waals surface area contributed by atoms with E-state index < -0.39 is 11.7 Å². The lowest BCUT2D eigenvalue weighted by Gasteiger charge is -2.32. The fourth-order valence-corrected chi connectivity index (χ4v) is 3.26. The molecule has 3 aliphatic rings. The summed E-state index contributed by atoms with van der Waals surface area (Å²) < 4.78 is 10.8. The quantitative estimate of drug-likeness (QED) is 0.834. The van der Waals surface area contributed by atoms with E-state index in [0.29, 0.717) is 18.1 Å². The van der Waals surface area contributed by atoms with Crippen LogP contribution in [-0.4, -0.2) is 41.8 Å². The number of fused-ring (bicyclic) bond motifs is 1. The van der Waals surface area contributed by atoms with Crippen molar-refractivity contribution in [3.63, 3.8) is 0 Å². The third-order valence-electron chi connectivity index (χ3n) is 4.58. The van der Waals surface area contributed by atoms with Gasteiger partial charge in [0.25, 0.3) is 0 Å². The minimum absolute atomic E-state index is 0.0399. The van der Waals surface area contributed by atoms with Gasteiger partial charge in [0, 0.05) is 18.2 Å². The first kappa shape index (κ1) is 13.9. The minimum Gasteiger partial charge on any atom is -0.493 e. The zero-order valence-electron chi connectivity index (χ0n) is 12.4. The van der Waals surface area contributed by atoms with Gasteiger partial charge in [-0.1, -0.05) is 12.2 Å². The van der Waals surface area contributed by atoms with Crippen molar-refractivity contribution in [2.75, 3.05) is 13.7 Å². The van der Waals surface area contributed by atoms with Crippen LogP contribution in [0.4, 0.5) is 0 Å². The van der Waals surface area contributed by atoms with E-state index in [4.69, 9.17) is 9.47 Å². The van der Waals surface area contributed by atoms with Gasteiger partial charge in [0.15, 0.2) is 11.5 Å². The van der Waals surface area contributed by atoms with E-state index in [1.165, 1.54) is 13.2 Å². The normalized spacial score (nSPS) is 37.3. The largest absolute Gasteiger partial charge is 0.493 e. The Kier molecular flexibility index (Phi) is 3.17. The average molecular weight is 289 g/mol. The van der Waals surface area contributed by atoms with Crippen molar-refractivity contribution < 1.29 is 19.4 Å². The highest BCUT2D eigenvalue weighted by Crippen LogP contribution is 2.47. The summed E-state index contributed by atoms with van der Waals surface area (Å²) in [6.07, 6.45) is 8.38. The molecule has 0 spiro atoms. The average Bonchev–Trinajstić information content (AvgIpc) is 2.98. The summed E-state index contributed by atoms with van der Waals surface area (Å²) in [6, 6.07) is -0.0399. The molecule has 3 aliphatic heterocycles. The number of ether oxygens (including phenoxy) is 2. The molecule has 1 N–H and O–H groups in total. The molecule has 0 aromatic carbocycles. The van der Waals surface area contributed by atoms with Crippen molar-refractivity contribution in [2.45, 2.75) is 26.2 Å². The van der Waals surface area contributed by atoms with Crippen molar-refractivity contribution in [1.29, 1.82) is 0 Å². The van der Waals surface area contributed by atoms with E-state index in [-0.39, 0.29) is 11.8 Å². The number of allylic oxidation sites excluding steroid dienone is 2. The van der Waals surface area contributed by atoms with Gasteiger partial charge >= 0.3 is 0 Å². The molecular formula is C16H19NO4. The number of hydrogen-bond donors (Lipinski definition) is 1. The number of aliphatic hydroxyl groups excluding tert-OH is 1. The summed E-state index contributed by atoms with van der Waals surface area (Å²) >= 11 is 0. The van der Waals surface area contributed by atoms with Crippen LogP contribution in [0.15, 0.2) is 47.6 Å². The van der Waals surface area contributed by atoms with E-state index in [1.54, 1.807) is 6.92 Å². The second-order valence-corrected chi connectivity index (χ2v) is 5.65. The molecular weight excluding hydrogens is 270 g/mol. The van der Waals surface area contributed by atoms with Crippen LogP contribution in [0, 0.1) is 5.41 Å². The lowest BCUT2D eigenvalue weighted by molar-refractivity contribution is -0.124. The van der Waals surface area contributed by atoms with Crippen LogP contribution in [0.2, 0.25) is 0 Å². The number of aliphatic hydroxyl groups is 1. The van der Waals surface area contributed by atoms with Gasteiger partial charge in [0.05, 0.1) is 18.6 Å². The number of carbonyl (C=O) groups is 1. The predicted molar refractivity (Wildman–Crippen MR) is 76.8 cm³/mol. The molecule has 0 aromatic rings. The molecule has 112 valence electrons. The molecule has 0 aromatic heterocycles. The fraction of sp³-hybridized carbons (Fsp3) is 0.438. The molecule has 3 rings (SSSR count). The molecule has 3 heterocycles. The topological polar surface area (TPSA) is 59.0 Å². The van der Waals surface area contributed by atoms with Gasteiger partial charge in [-0.2, -0.15) is 0 Å². The lowest BCUT2D eigenvalue weighted by Crippen LogP contribution is -2.40. The molecule has 5 heteroatoms. The Morgan fingerprint density at radius 2 is 2.29 bits per heavy atom. The Bertz CT molecular complexity index is 601. The molecule has 1 saturated heterocycles. The number of carbonyl (C=O) groups excluding carboxylic acids is 1. The maximum atomic E-state index is 12.4. The summed E-state index contributed by atoms with van der Waals surface area (Å²) in [7, 11) is 1.53. The second kappa shape index (κ2) is 4.77. The number of nitrogens with zero attached hydrogens (tertiary/aromatic N) is 1. The predicted octanol–water partition coefficient (Wildman–Crippen LogP) is 1.48. The fourth-order valence-electron chi connectivity index (χ4n) is 3.26. The monoisotopic (exact) mass is 289 g/mol. The summed E-state index contributed by atoms with van der Waals surface area (Å²) in [6.45, 7) is 4.09. The van der Waals surface area contributed by atoms with Gasteiger partial charge in [0.1, 0.15) is 5.78 Å². The van der Waals surface area contributed by atoms with Crippen molar-refractivity contribution in [2.24, 2.45) is 5.41 Å². The van der Waals surface area contributed by atoms with Crippen LogP contribution in [0.5, 0.6) is 0 Å². The number of ketones is 1. The van der Waals surface area contributed by atoms with Crippen LogP contribution in [0.3, 0.4) is 0 Å². The van der Waals surface area contributed by atoms with Crippen LogP contribution < -0.4 is 0 Å². The van der Waals surface area contributed by atoms with Crippen LogP contribution in [-0.2, 0) is 14.3 Å². The Labute approximate surface area is 123 Å². The standard InChI is InChI=1S/C16H19NO4/c1-10(18)16(2)11(9-17-7-5-4-6-13(16)17)15-12(20-3)8-14(19)21-15/h4-8,13-14,19H,9H2,1-3H3/b15-11-. The number of methoxy groups -OCH3 is 1. The first-order valence-corrected chi connectivity index (χ1v) is 6.94. The third kappa shape index (κ3) is 1.92. The molecule has 0 saturated carbocycles. The van der Waals surface area contributed by atoms with E-state index in [1.807, 2.05) is 31.4 Å².